The van der Waals surface area contributed by atoms with Gasteiger partial charge in [-0.25, -0.2) is 4.39 Å². The van der Waals surface area contributed by atoms with E-state index in [1.165, 1.54) is 37.7 Å². The summed E-state index contributed by atoms with van der Waals surface area (Å²) in [5.41, 5.74) is 1.26. The molecule has 0 amide bonds. The SMILES string of the molecule is CC.CC(C)CCCCCC(C)Cc1ccc(F)cc1. The van der Waals surface area contributed by atoms with Crippen LogP contribution in [0.1, 0.15) is 72.3 Å². The summed E-state index contributed by atoms with van der Waals surface area (Å²) in [7, 11) is 0. The van der Waals surface area contributed by atoms with Crippen molar-refractivity contribution in [2.45, 2.75) is 73.1 Å². The van der Waals surface area contributed by atoms with Crippen LogP contribution in [0.2, 0.25) is 0 Å². The molecule has 0 N–H and O–H groups in total. The van der Waals surface area contributed by atoms with Crippen molar-refractivity contribution >= 4 is 0 Å². The molecule has 116 valence electrons. The molecule has 0 nitrogen and oxygen atoms in total. The van der Waals surface area contributed by atoms with Gasteiger partial charge in [0.25, 0.3) is 0 Å². The first-order valence-electron chi connectivity index (χ1n) is 8.32. The predicted octanol–water partition coefficient (Wildman–Crippen LogP) is 6.64. The lowest BCUT2D eigenvalue weighted by molar-refractivity contribution is 0.465. The van der Waals surface area contributed by atoms with E-state index in [0.29, 0.717) is 5.92 Å². The minimum Gasteiger partial charge on any atom is -0.207 e. The summed E-state index contributed by atoms with van der Waals surface area (Å²) in [5, 5.41) is 0. The smallest absolute Gasteiger partial charge is 0.123 e. The van der Waals surface area contributed by atoms with Crippen LogP contribution >= 0.6 is 0 Å². The average molecular weight is 280 g/mol. The Bertz CT molecular complexity index is 313. The molecule has 1 rings (SSSR count). The summed E-state index contributed by atoms with van der Waals surface area (Å²) >= 11 is 0. The van der Waals surface area contributed by atoms with Gasteiger partial charge in [-0.1, -0.05) is 78.9 Å². The number of halogens is 1. The molecule has 0 fully saturated rings. The van der Waals surface area contributed by atoms with Gasteiger partial charge in [-0.3, -0.25) is 0 Å². The molecule has 1 heteroatoms. The van der Waals surface area contributed by atoms with E-state index in [1.54, 1.807) is 12.1 Å². The van der Waals surface area contributed by atoms with Gasteiger partial charge >= 0.3 is 0 Å². The Labute approximate surface area is 125 Å². The molecule has 0 aromatic heterocycles. The summed E-state index contributed by atoms with van der Waals surface area (Å²) in [5.74, 6) is 1.40. The van der Waals surface area contributed by atoms with Crippen molar-refractivity contribution in [2.24, 2.45) is 11.8 Å². The first-order valence-corrected chi connectivity index (χ1v) is 8.32. The van der Waals surface area contributed by atoms with E-state index < -0.39 is 0 Å². The van der Waals surface area contributed by atoms with Crippen LogP contribution in [0.25, 0.3) is 0 Å². The third-order valence-electron chi connectivity index (χ3n) is 3.48. The molecule has 0 heterocycles. The second kappa shape index (κ2) is 11.9. The van der Waals surface area contributed by atoms with E-state index >= 15 is 0 Å². The fourth-order valence-electron chi connectivity index (χ4n) is 2.35. The number of rotatable bonds is 8. The third-order valence-corrected chi connectivity index (χ3v) is 3.48. The van der Waals surface area contributed by atoms with Crippen molar-refractivity contribution in [2.75, 3.05) is 0 Å². The molecule has 0 aliphatic heterocycles. The topological polar surface area (TPSA) is 0 Å². The van der Waals surface area contributed by atoms with Crippen LogP contribution in [-0.4, -0.2) is 0 Å². The van der Waals surface area contributed by atoms with Crippen LogP contribution in [0, 0.1) is 17.7 Å². The fraction of sp³-hybridized carbons (Fsp3) is 0.684. The van der Waals surface area contributed by atoms with Gasteiger partial charge in [0.2, 0.25) is 0 Å². The average Bonchev–Trinajstić information content (AvgIpc) is 2.43. The molecule has 0 saturated heterocycles. The highest BCUT2D eigenvalue weighted by molar-refractivity contribution is 5.16. The summed E-state index contributed by atoms with van der Waals surface area (Å²) in [6, 6.07) is 6.94. The van der Waals surface area contributed by atoms with Crippen LogP contribution in [0.3, 0.4) is 0 Å². The highest BCUT2D eigenvalue weighted by atomic mass is 19.1. The van der Waals surface area contributed by atoms with Crippen LogP contribution < -0.4 is 0 Å². The van der Waals surface area contributed by atoms with Crippen molar-refractivity contribution in [3.05, 3.63) is 35.6 Å². The molecule has 1 atom stereocenters. The lowest BCUT2D eigenvalue weighted by atomic mass is 9.94. The van der Waals surface area contributed by atoms with E-state index in [1.807, 2.05) is 26.0 Å². The zero-order valence-corrected chi connectivity index (χ0v) is 14.1. The highest BCUT2D eigenvalue weighted by Crippen LogP contribution is 2.17. The Kier molecular flexibility index (Phi) is 11.4. The molecule has 20 heavy (non-hydrogen) atoms. The molecule has 1 aromatic carbocycles. The van der Waals surface area contributed by atoms with Crippen molar-refractivity contribution in [3.63, 3.8) is 0 Å². The molecule has 1 aromatic rings. The number of hydrogen-bond donors (Lipinski definition) is 0. The first-order chi connectivity index (χ1) is 9.58. The lowest BCUT2D eigenvalue weighted by Crippen LogP contribution is -2.00. The summed E-state index contributed by atoms with van der Waals surface area (Å²) in [6.07, 6.45) is 7.76. The zero-order chi connectivity index (χ0) is 15.4. The maximum Gasteiger partial charge on any atom is 0.123 e. The van der Waals surface area contributed by atoms with Gasteiger partial charge < -0.3 is 0 Å². The Morgan fingerprint density at radius 2 is 1.40 bits per heavy atom. The lowest BCUT2D eigenvalue weighted by Gasteiger charge is -2.11. The first kappa shape index (κ1) is 19.1. The Balaban J connectivity index is 0.00000172. The molecular weight excluding hydrogens is 247 g/mol. The van der Waals surface area contributed by atoms with Crippen molar-refractivity contribution in [1.29, 1.82) is 0 Å². The minimum atomic E-state index is -0.139. The van der Waals surface area contributed by atoms with E-state index in [4.69, 9.17) is 0 Å². The van der Waals surface area contributed by atoms with E-state index in [2.05, 4.69) is 20.8 Å². The summed E-state index contributed by atoms with van der Waals surface area (Å²) < 4.78 is 12.8. The third kappa shape index (κ3) is 10.00. The second-order valence-electron chi connectivity index (χ2n) is 5.97. The molecule has 0 radical (unpaired) electrons. The fourth-order valence-corrected chi connectivity index (χ4v) is 2.35. The van der Waals surface area contributed by atoms with Crippen LogP contribution in [0.15, 0.2) is 24.3 Å². The van der Waals surface area contributed by atoms with Gasteiger partial charge in [0.15, 0.2) is 0 Å². The zero-order valence-electron chi connectivity index (χ0n) is 14.1. The Hall–Kier alpha value is -0.850. The van der Waals surface area contributed by atoms with Gasteiger partial charge in [-0.15, -0.1) is 0 Å². The van der Waals surface area contributed by atoms with Gasteiger partial charge in [-0.05, 0) is 36.0 Å². The summed E-state index contributed by atoms with van der Waals surface area (Å²) in [6.45, 7) is 10.9. The number of unbranched alkanes of at least 4 members (excludes halogenated alkanes) is 2. The minimum absolute atomic E-state index is 0.139. The molecule has 0 spiro atoms. The van der Waals surface area contributed by atoms with E-state index in [9.17, 15) is 4.39 Å². The van der Waals surface area contributed by atoms with Gasteiger partial charge in [0.1, 0.15) is 5.82 Å². The van der Waals surface area contributed by atoms with E-state index in [-0.39, 0.29) is 5.82 Å². The van der Waals surface area contributed by atoms with Crippen molar-refractivity contribution in [3.8, 4) is 0 Å². The van der Waals surface area contributed by atoms with E-state index in [0.717, 1.165) is 12.3 Å². The summed E-state index contributed by atoms with van der Waals surface area (Å²) in [4.78, 5) is 0. The maximum atomic E-state index is 12.8. The number of benzene rings is 1. The number of hydrogen-bond acceptors (Lipinski definition) is 0. The largest absolute Gasteiger partial charge is 0.207 e. The molecule has 0 aliphatic rings. The van der Waals surface area contributed by atoms with Crippen LogP contribution in [-0.2, 0) is 6.42 Å². The molecular formula is C19H33F. The Morgan fingerprint density at radius 1 is 0.850 bits per heavy atom. The molecule has 0 bridgehead atoms. The normalized spacial score (nSPS) is 11.9. The molecule has 1 unspecified atom stereocenters. The van der Waals surface area contributed by atoms with Gasteiger partial charge in [0, 0.05) is 0 Å². The standard InChI is InChI=1S/C17H27F.C2H6/c1-14(2)7-5-4-6-8-15(3)13-16-9-11-17(18)12-10-16;1-2/h9-12,14-15H,4-8,13H2,1-3H3;1-2H3. The quantitative estimate of drug-likeness (QED) is 0.468. The Morgan fingerprint density at radius 3 is 1.95 bits per heavy atom. The second-order valence-corrected chi connectivity index (χ2v) is 5.97. The van der Waals surface area contributed by atoms with Crippen LogP contribution in [0.4, 0.5) is 4.39 Å². The highest BCUT2D eigenvalue weighted by Gasteiger charge is 2.04. The van der Waals surface area contributed by atoms with Gasteiger partial charge in [-0.2, -0.15) is 0 Å². The van der Waals surface area contributed by atoms with Crippen LogP contribution in [0.5, 0.6) is 0 Å². The van der Waals surface area contributed by atoms with Crippen molar-refractivity contribution in [1.82, 2.24) is 0 Å². The van der Waals surface area contributed by atoms with Crippen molar-refractivity contribution < 1.29 is 4.39 Å². The monoisotopic (exact) mass is 280 g/mol. The predicted molar refractivity (Wildman–Crippen MR) is 88.5 cm³/mol. The molecule has 0 aliphatic carbocycles. The maximum absolute atomic E-state index is 12.8. The van der Waals surface area contributed by atoms with Gasteiger partial charge in [0.05, 0.1) is 0 Å². The molecule has 0 saturated carbocycles.